The van der Waals surface area contributed by atoms with E-state index in [9.17, 15) is 14.9 Å². The molecule has 2 saturated heterocycles. The molecule has 302 valence electrons. The van der Waals surface area contributed by atoms with Crippen LogP contribution in [0, 0.1) is 59.2 Å². The van der Waals surface area contributed by atoms with Crippen LogP contribution in [0.25, 0.3) is 22.5 Å². The van der Waals surface area contributed by atoms with Gasteiger partial charge < -0.3 is 15.3 Å². The van der Waals surface area contributed by atoms with E-state index in [-0.39, 0.29) is 23.9 Å². The third kappa shape index (κ3) is 10.5. The molecule has 2 aliphatic rings. The number of rotatable bonds is 6. The van der Waals surface area contributed by atoms with Crippen LogP contribution in [0.2, 0.25) is 0 Å². The zero-order valence-electron chi connectivity index (χ0n) is 33.5. The van der Waals surface area contributed by atoms with Crippen LogP contribution < -0.4 is 5.32 Å². The predicted octanol–water partition coefficient (Wildman–Crippen LogP) is 8.02. The molecule has 2 fully saturated rings. The number of aromatic nitrogens is 4. The van der Waals surface area contributed by atoms with Crippen LogP contribution in [0.5, 0.6) is 0 Å². The molecule has 0 atom stereocenters. The fraction of sp³-hybridized carbons (Fsp3) is 0.217. The number of carbonyl (C=O) groups excluding carboxylic acids is 1. The van der Waals surface area contributed by atoms with Crippen molar-refractivity contribution < 1.29 is 14.7 Å². The fourth-order valence-corrected chi connectivity index (χ4v) is 6.42. The number of nitriles is 4. The third-order valence-electron chi connectivity index (χ3n) is 10.00. The minimum Gasteiger partial charge on any atom is -0.478 e. The second kappa shape index (κ2) is 21.3. The molecule has 0 unspecified atom stereocenters. The van der Waals surface area contributed by atoms with Gasteiger partial charge in [0.1, 0.15) is 12.1 Å². The zero-order chi connectivity index (χ0) is 42.5. The molecule has 0 bridgehead atoms. The number of halogens is 1. The lowest BCUT2D eigenvalue weighted by Gasteiger charge is -2.39. The molecule has 2 aromatic heterocycles. The van der Waals surface area contributed by atoms with E-state index in [1.54, 1.807) is 6.07 Å². The van der Waals surface area contributed by atoms with Crippen molar-refractivity contribution in [2.24, 2.45) is 0 Å². The van der Waals surface area contributed by atoms with Gasteiger partial charge in [0.05, 0.1) is 63.7 Å². The number of carboxylic acids is 1. The number of nitrogens with zero attached hydrogens (tertiary/aromatic N) is 7. The molecule has 4 aromatic carbocycles. The quantitative estimate of drug-likeness (QED) is 0.127. The number of hydrogen-bond acceptors (Lipinski definition) is 9. The molecule has 4 heterocycles. The van der Waals surface area contributed by atoms with Gasteiger partial charge in [-0.05, 0) is 84.6 Å². The van der Waals surface area contributed by atoms with Crippen LogP contribution in [0.3, 0.4) is 0 Å². The predicted molar refractivity (Wildman–Crippen MR) is 229 cm³/mol. The SMILES string of the molecule is CC.Cc1ccc(C(=O)N2CC(c3ccc(C#N)cc3)C2)cc1-c1[nH]ncc1C#N.Cc1ccc(C(=O)O)cc1-c1[nH]ncc1C#N.Cl.N#Cc1ccc(C2CNC2)cc1. The first kappa shape index (κ1) is 45.2. The summed E-state index contributed by atoms with van der Waals surface area (Å²) < 4.78 is 0. The number of aromatic carboxylic acids is 1. The van der Waals surface area contributed by atoms with Crippen LogP contribution in [-0.2, 0) is 0 Å². The highest BCUT2D eigenvalue weighted by Crippen LogP contribution is 2.31. The van der Waals surface area contributed by atoms with E-state index in [0.717, 1.165) is 40.9 Å². The summed E-state index contributed by atoms with van der Waals surface area (Å²) in [4.78, 5) is 25.6. The van der Waals surface area contributed by atoms with Gasteiger partial charge in [0.15, 0.2) is 0 Å². The minimum absolute atomic E-state index is 0. The number of hydrogen-bond donors (Lipinski definition) is 4. The number of aromatic amines is 2. The number of aryl methyl sites for hydroxylation is 2. The Balaban J connectivity index is 0.000000211. The van der Waals surface area contributed by atoms with Crippen molar-refractivity contribution in [3.05, 3.63) is 153 Å². The summed E-state index contributed by atoms with van der Waals surface area (Å²) in [6.45, 7) is 11.2. The van der Waals surface area contributed by atoms with Crippen LogP contribution in [-0.4, -0.2) is 68.5 Å². The van der Waals surface area contributed by atoms with E-state index in [4.69, 9.17) is 20.9 Å². The number of amides is 1. The number of carboxylic acid groups (broad SMARTS) is 1. The van der Waals surface area contributed by atoms with Gasteiger partial charge in [0.2, 0.25) is 0 Å². The average molecular weight is 819 g/mol. The summed E-state index contributed by atoms with van der Waals surface area (Å²) in [7, 11) is 0. The Morgan fingerprint density at radius 1 is 0.650 bits per heavy atom. The lowest BCUT2D eigenvalue weighted by Crippen LogP contribution is -2.48. The van der Waals surface area contributed by atoms with Crippen molar-refractivity contribution in [3.63, 3.8) is 0 Å². The van der Waals surface area contributed by atoms with Crippen molar-refractivity contribution in [1.29, 1.82) is 21.0 Å². The van der Waals surface area contributed by atoms with E-state index >= 15 is 0 Å². The largest absolute Gasteiger partial charge is 0.478 e. The normalized spacial score (nSPS) is 12.5. The molecule has 60 heavy (non-hydrogen) atoms. The Hall–Kier alpha value is -7.55. The highest BCUT2D eigenvalue weighted by molar-refractivity contribution is 5.96. The van der Waals surface area contributed by atoms with Crippen molar-refractivity contribution in [2.45, 2.75) is 39.5 Å². The van der Waals surface area contributed by atoms with Gasteiger partial charge in [0.25, 0.3) is 5.91 Å². The first-order chi connectivity index (χ1) is 28.6. The molecule has 8 rings (SSSR count). The van der Waals surface area contributed by atoms with Gasteiger partial charge in [-0.3, -0.25) is 15.0 Å². The molecule has 0 spiro atoms. The average Bonchev–Trinajstić information content (AvgIpc) is 3.92. The van der Waals surface area contributed by atoms with Crippen LogP contribution in [0.1, 0.15) is 90.9 Å². The van der Waals surface area contributed by atoms with Crippen molar-refractivity contribution in [3.8, 4) is 46.8 Å². The lowest BCUT2D eigenvalue weighted by atomic mass is 9.90. The van der Waals surface area contributed by atoms with E-state index in [2.05, 4.69) is 43.9 Å². The first-order valence-corrected chi connectivity index (χ1v) is 19.0. The van der Waals surface area contributed by atoms with Crippen molar-refractivity contribution >= 4 is 24.3 Å². The van der Waals surface area contributed by atoms with Crippen LogP contribution in [0.4, 0.5) is 0 Å². The molecular weight excluding hydrogens is 776 g/mol. The maximum atomic E-state index is 12.9. The number of likely N-dealkylation sites (tertiary alicyclic amines) is 1. The molecular formula is C46H43ClN10O3. The van der Waals surface area contributed by atoms with Crippen molar-refractivity contribution in [1.82, 2.24) is 30.6 Å². The molecule has 2 aliphatic heterocycles. The second-order valence-electron chi connectivity index (χ2n) is 13.6. The number of benzene rings is 4. The van der Waals surface area contributed by atoms with E-state index in [1.807, 2.05) is 105 Å². The molecule has 0 aliphatic carbocycles. The summed E-state index contributed by atoms with van der Waals surface area (Å²) in [5.41, 5.74) is 10.0. The maximum Gasteiger partial charge on any atom is 0.335 e. The standard InChI is InChI=1S/C22H17N5O.C12H9N3O2.C10H10N2.C2H6.ClH/c1-14-2-5-17(8-20(14)21-18(10-24)11-25-26-21)22(28)27-12-19(13-27)16-6-3-15(9-23)4-7-16;1-7-2-3-8(12(16)17)4-10(7)11-9(5-13)6-14-15-11;11-5-8-1-3-9(4-2-8)10-6-12-7-10;1-2;/h2-8,11,19H,12-13H2,1H3,(H,25,26);2-4,6H,1H3,(H,14,15)(H,16,17);1-4,10,12H,6-7H2;1-2H3;1H. The summed E-state index contributed by atoms with van der Waals surface area (Å²) in [6.07, 6.45) is 2.91. The minimum atomic E-state index is -0.996. The molecule has 6 aromatic rings. The third-order valence-corrected chi connectivity index (χ3v) is 10.00. The van der Waals surface area contributed by atoms with Crippen LogP contribution >= 0.6 is 12.4 Å². The smallest absolute Gasteiger partial charge is 0.335 e. The topological polar surface area (TPSA) is 222 Å². The summed E-state index contributed by atoms with van der Waals surface area (Å²) in [5, 5.41) is 61.1. The van der Waals surface area contributed by atoms with Gasteiger partial charge in [-0.15, -0.1) is 12.4 Å². The van der Waals surface area contributed by atoms with E-state index in [1.165, 1.54) is 30.1 Å². The molecule has 14 heteroatoms. The molecule has 0 radical (unpaired) electrons. The fourth-order valence-electron chi connectivity index (χ4n) is 6.42. The molecule has 13 nitrogen and oxygen atoms in total. The number of nitrogens with one attached hydrogen (secondary N) is 3. The molecule has 1 amide bonds. The van der Waals surface area contributed by atoms with Gasteiger partial charge in [-0.25, -0.2) is 4.79 Å². The Morgan fingerprint density at radius 2 is 1.08 bits per heavy atom. The van der Waals surface area contributed by atoms with Crippen LogP contribution in [0.15, 0.2) is 97.3 Å². The Kier molecular flexibility index (Phi) is 16.0. The highest BCUT2D eigenvalue weighted by atomic mass is 35.5. The maximum absolute atomic E-state index is 12.9. The van der Waals surface area contributed by atoms with Gasteiger partial charge in [-0.1, -0.05) is 50.2 Å². The summed E-state index contributed by atoms with van der Waals surface area (Å²) >= 11 is 0. The number of H-pyrrole nitrogens is 2. The Morgan fingerprint density at radius 3 is 1.48 bits per heavy atom. The zero-order valence-corrected chi connectivity index (χ0v) is 34.3. The van der Waals surface area contributed by atoms with Crippen molar-refractivity contribution in [2.75, 3.05) is 26.2 Å². The highest BCUT2D eigenvalue weighted by Gasteiger charge is 2.32. The summed E-state index contributed by atoms with van der Waals surface area (Å²) in [5.74, 6) is -0.0643. The van der Waals surface area contributed by atoms with Gasteiger partial charge >= 0.3 is 5.97 Å². The molecule has 4 N–H and O–H groups in total. The van der Waals surface area contributed by atoms with E-state index in [0.29, 0.717) is 64.1 Å². The Bertz CT molecular complexity index is 2600. The summed E-state index contributed by atoms with van der Waals surface area (Å²) in [6, 6.07) is 34.0. The van der Waals surface area contributed by atoms with Gasteiger partial charge in [0, 0.05) is 54.7 Å². The van der Waals surface area contributed by atoms with E-state index < -0.39 is 5.97 Å². The van der Waals surface area contributed by atoms with Gasteiger partial charge in [-0.2, -0.15) is 31.2 Å². The molecule has 0 saturated carbocycles. The second-order valence-corrected chi connectivity index (χ2v) is 13.6. The Labute approximate surface area is 355 Å². The monoisotopic (exact) mass is 818 g/mol. The first-order valence-electron chi connectivity index (χ1n) is 19.0. The lowest BCUT2D eigenvalue weighted by molar-refractivity contribution is 0.0601. The number of carbonyl (C=O) groups is 2.